The van der Waals surface area contributed by atoms with Crippen LogP contribution in [0.2, 0.25) is 0 Å². The average Bonchev–Trinajstić information content (AvgIpc) is 2.85. The van der Waals surface area contributed by atoms with E-state index in [0.717, 1.165) is 31.2 Å². The highest BCUT2D eigenvalue weighted by atomic mass is 19.1. The predicted octanol–water partition coefficient (Wildman–Crippen LogP) is 3.25. The van der Waals surface area contributed by atoms with Crippen LogP contribution in [0, 0.1) is 5.82 Å². The van der Waals surface area contributed by atoms with Gasteiger partial charge in [-0.15, -0.1) is 0 Å². The normalized spacial score (nSPS) is 23.3. The van der Waals surface area contributed by atoms with E-state index in [0.29, 0.717) is 13.0 Å². The number of likely N-dealkylation sites (N-methyl/N-ethyl adjacent to an activating group) is 1. The topological polar surface area (TPSA) is 76.2 Å². The molecule has 0 unspecified atom stereocenters. The monoisotopic (exact) mass is 485 g/mol. The number of hydrazine groups is 1. The number of fused-ring (bicyclic) bond motifs is 1. The number of nitrogens with zero attached hydrogens (tertiary/aromatic N) is 4. The van der Waals surface area contributed by atoms with Crippen molar-refractivity contribution in [3.05, 3.63) is 47.3 Å². The molecular formula is C26H36FN5O3. The smallest absolute Gasteiger partial charge is 0.334 e. The van der Waals surface area contributed by atoms with Crippen LogP contribution in [0.25, 0.3) is 0 Å². The third-order valence-corrected chi connectivity index (χ3v) is 7.15. The molecule has 2 heterocycles. The molecule has 35 heavy (non-hydrogen) atoms. The van der Waals surface area contributed by atoms with E-state index in [1.54, 1.807) is 34.1 Å². The number of halogens is 1. The number of allylic oxidation sites excluding steroid dienone is 1. The van der Waals surface area contributed by atoms with E-state index < -0.39 is 12.2 Å². The Labute approximate surface area is 206 Å². The van der Waals surface area contributed by atoms with Gasteiger partial charge in [0.05, 0.1) is 13.1 Å². The summed E-state index contributed by atoms with van der Waals surface area (Å²) in [5.74, 6) is -0.492. The van der Waals surface area contributed by atoms with E-state index in [-0.39, 0.29) is 43.3 Å². The summed E-state index contributed by atoms with van der Waals surface area (Å²) in [4.78, 5) is 43.3. The van der Waals surface area contributed by atoms with E-state index >= 15 is 0 Å². The van der Waals surface area contributed by atoms with Crippen LogP contribution in [-0.4, -0.2) is 76.6 Å². The van der Waals surface area contributed by atoms with Gasteiger partial charge in [0.25, 0.3) is 0 Å². The SMILES string of the molecule is CCC[C@H]1C(=O)N(CCC2=CCCCC2)C[C@H]2N1C(=O)CN(C)N2C(=O)NCc1ccc(F)cc1. The van der Waals surface area contributed by atoms with Crippen molar-refractivity contribution in [1.29, 1.82) is 0 Å². The fraction of sp³-hybridized carbons (Fsp3) is 0.577. The first-order chi connectivity index (χ1) is 16.9. The fourth-order valence-electron chi connectivity index (χ4n) is 5.33. The average molecular weight is 486 g/mol. The van der Waals surface area contributed by atoms with Gasteiger partial charge in [-0.25, -0.2) is 19.2 Å². The maximum atomic E-state index is 13.4. The molecule has 8 nitrogen and oxygen atoms in total. The number of carbonyl (C=O) groups excluding carboxylic acids is 3. The summed E-state index contributed by atoms with van der Waals surface area (Å²) in [5.41, 5.74) is 2.17. The number of urea groups is 1. The van der Waals surface area contributed by atoms with Gasteiger partial charge in [-0.3, -0.25) is 9.59 Å². The van der Waals surface area contributed by atoms with Gasteiger partial charge in [-0.1, -0.05) is 37.1 Å². The molecule has 0 aromatic heterocycles. The molecular weight excluding hydrogens is 449 g/mol. The van der Waals surface area contributed by atoms with E-state index in [1.807, 2.05) is 11.8 Å². The second-order valence-corrected chi connectivity index (χ2v) is 9.67. The molecule has 1 aliphatic carbocycles. The minimum atomic E-state index is -0.566. The van der Waals surface area contributed by atoms with Crippen molar-refractivity contribution in [2.45, 2.75) is 70.6 Å². The maximum absolute atomic E-state index is 13.4. The highest BCUT2D eigenvalue weighted by molar-refractivity contribution is 5.91. The summed E-state index contributed by atoms with van der Waals surface area (Å²) in [6, 6.07) is 5.06. The summed E-state index contributed by atoms with van der Waals surface area (Å²) >= 11 is 0. The zero-order valence-electron chi connectivity index (χ0n) is 20.7. The van der Waals surface area contributed by atoms with Gasteiger partial charge in [0.15, 0.2) is 0 Å². The maximum Gasteiger partial charge on any atom is 0.334 e. The number of rotatable bonds is 7. The van der Waals surface area contributed by atoms with Crippen molar-refractivity contribution in [3.8, 4) is 0 Å². The van der Waals surface area contributed by atoms with Crippen LogP contribution in [0.15, 0.2) is 35.9 Å². The molecule has 2 atom stereocenters. The van der Waals surface area contributed by atoms with E-state index in [4.69, 9.17) is 0 Å². The summed E-state index contributed by atoms with van der Waals surface area (Å²) in [6.07, 6.45) is 8.47. The Balaban J connectivity index is 1.52. The van der Waals surface area contributed by atoms with Gasteiger partial charge in [0.2, 0.25) is 11.8 Å². The molecule has 0 spiro atoms. The predicted molar refractivity (Wildman–Crippen MR) is 130 cm³/mol. The van der Waals surface area contributed by atoms with Crippen molar-refractivity contribution in [3.63, 3.8) is 0 Å². The third kappa shape index (κ3) is 5.66. The van der Waals surface area contributed by atoms with E-state index in [9.17, 15) is 18.8 Å². The highest BCUT2D eigenvalue weighted by Crippen LogP contribution is 2.29. The van der Waals surface area contributed by atoms with Crippen molar-refractivity contribution in [1.82, 2.24) is 25.1 Å². The molecule has 2 fully saturated rings. The lowest BCUT2D eigenvalue weighted by atomic mass is 9.96. The Morgan fingerprint density at radius 1 is 1.17 bits per heavy atom. The Morgan fingerprint density at radius 3 is 2.63 bits per heavy atom. The summed E-state index contributed by atoms with van der Waals surface area (Å²) in [5, 5.41) is 6.09. The lowest BCUT2D eigenvalue weighted by molar-refractivity contribution is -0.187. The Kier molecular flexibility index (Phi) is 8.05. The fourth-order valence-corrected chi connectivity index (χ4v) is 5.33. The number of amides is 4. The molecule has 2 aliphatic heterocycles. The first-order valence-electron chi connectivity index (χ1n) is 12.7. The molecule has 1 N–H and O–H groups in total. The van der Waals surface area contributed by atoms with Crippen LogP contribution in [0.3, 0.4) is 0 Å². The van der Waals surface area contributed by atoms with Crippen molar-refractivity contribution in [2.24, 2.45) is 0 Å². The summed E-state index contributed by atoms with van der Waals surface area (Å²) in [7, 11) is 1.72. The van der Waals surface area contributed by atoms with Crippen molar-refractivity contribution >= 4 is 17.8 Å². The minimum absolute atomic E-state index is 0.0240. The first-order valence-corrected chi connectivity index (χ1v) is 12.7. The number of benzene rings is 1. The summed E-state index contributed by atoms with van der Waals surface area (Å²) in [6.45, 7) is 3.15. The number of hydrogen-bond donors (Lipinski definition) is 1. The third-order valence-electron chi connectivity index (χ3n) is 7.15. The van der Waals surface area contributed by atoms with Crippen LogP contribution in [0.5, 0.6) is 0 Å². The van der Waals surface area contributed by atoms with Gasteiger partial charge in [0, 0.05) is 20.1 Å². The Bertz CT molecular complexity index is 966. The van der Waals surface area contributed by atoms with Crippen LogP contribution in [0.1, 0.15) is 57.4 Å². The van der Waals surface area contributed by atoms with Gasteiger partial charge < -0.3 is 15.1 Å². The molecule has 190 valence electrons. The van der Waals surface area contributed by atoms with Gasteiger partial charge >= 0.3 is 6.03 Å². The zero-order valence-corrected chi connectivity index (χ0v) is 20.7. The zero-order chi connectivity index (χ0) is 24.9. The standard InChI is InChI=1S/C26H36FN5O3/c1-3-7-22-25(34)30(15-14-19-8-5-4-6-9-19)17-23-31(22)24(33)18-29(2)32(23)26(35)28-16-20-10-12-21(27)13-11-20/h8,10-13,22-23H,3-7,9,14-18H2,1-2H3,(H,28,35)/t22-,23-/m0/s1. The molecule has 4 rings (SSSR count). The van der Waals surface area contributed by atoms with E-state index in [1.165, 1.54) is 30.5 Å². The molecule has 0 bridgehead atoms. The number of piperazine rings is 1. The number of nitrogens with one attached hydrogen (secondary N) is 1. The second-order valence-electron chi connectivity index (χ2n) is 9.67. The van der Waals surface area contributed by atoms with E-state index in [2.05, 4.69) is 11.4 Å². The molecule has 9 heteroatoms. The molecule has 1 aromatic carbocycles. The summed E-state index contributed by atoms with van der Waals surface area (Å²) < 4.78 is 13.2. The Morgan fingerprint density at radius 2 is 1.94 bits per heavy atom. The van der Waals surface area contributed by atoms with Crippen LogP contribution in [-0.2, 0) is 16.1 Å². The first kappa shape index (κ1) is 25.2. The molecule has 4 amide bonds. The van der Waals surface area contributed by atoms with Crippen molar-refractivity contribution < 1.29 is 18.8 Å². The molecule has 0 radical (unpaired) electrons. The molecule has 3 aliphatic rings. The molecule has 2 saturated heterocycles. The Hall–Kier alpha value is -2.94. The second kappa shape index (κ2) is 11.2. The molecule has 0 saturated carbocycles. The van der Waals surface area contributed by atoms with Gasteiger partial charge in [-0.2, -0.15) is 0 Å². The lowest BCUT2D eigenvalue weighted by Gasteiger charge is -2.54. The number of hydrogen-bond acceptors (Lipinski definition) is 4. The van der Waals surface area contributed by atoms with Gasteiger partial charge in [0.1, 0.15) is 18.0 Å². The van der Waals surface area contributed by atoms with Crippen molar-refractivity contribution in [2.75, 3.05) is 26.7 Å². The largest absolute Gasteiger partial charge is 0.337 e. The number of carbonyl (C=O) groups is 3. The lowest BCUT2D eigenvalue weighted by Crippen LogP contribution is -2.75. The quantitative estimate of drug-likeness (QED) is 0.602. The molecule has 1 aromatic rings. The van der Waals surface area contributed by atoms with Gasteiger partial charge in [-0.05, 0) is 56.2 Å². The highest BCUT2D eigenvalue weighted by Gasteiger charge is 2.50. The minimum Gasteiger partial charge on any atom is -0.337 e. The van der Waals surface area contributed by atoms with Crippen LogP contribution >= 0.6 is 0 Å². The van der Waals surface area contributed by atoms with Crippen LogP contribution in [0.4, 0.5) is 9.18 Å². The van der Waals surface area contributed by atoms with Crippen LogP contribution < -0.4 is 5.32 Å².